The van der Waals surface area contributed by atoms with Crippen molar-refractivity contribution in [3.8, 4) is 0 Å². The molecule has 17 heavy (non-hydrogen) atoms. The van der Waals surface area contributed by atoms with Crippen LogP contribution in [0, 0.1) is 6.92 Å². The van der Waals surface area contributed by atoms with E-state index in [4.69, 9.17) is 0 Å². The van der Waals surface area contributed by atoms with Gasteiger partial charge in [0, 0.05) is 0 Å². The summed E-state index contributed by atoms with van der Waals surface area (Å²) < 4.78 is 61.1. The SMILES string of the molecule is Cc1cccc(C(O)CC(F)(F)C(F)(F)F)c1. The van der Waals surface area contributed by atoms with E-state index in [1.807, 2.05) is 0 Å². The highest BCUT2D eigenvalue weighted by Crippen LogP contribution is 2.41. The number of benzene rings is 1. The van der Waals surface area contributed by atoms with E-state index in [1.54, 1.807) is 13.0 Å². The minimum atomic E-state index is -5.64. The highest BCUT2D eigenvalue weighted by molar-refractivity contribution is 5.24. The molecule has 96 valence electrons. The first-order chi connectivity index (χ1) is 7.63. The predicted molar refractivity (Wildman–Crippen MR) is 51.8 cm³/mol. The molecule has 0 amide bonds. The first-order valence-electron chi connectivity index (χ1n) is 4.82. The van der Waals surface area contributed by atoms with E-state index in [0.717, 1.165) is 0 Å². The third-order valence-electron chi connectivity index (χ3n) is 2.29. The van der Waals surface area contributed by atoms with Crippen molar-refractivity contribution in [1.29, 1.82) is 0 Å². The number of aliphatic hydroxyl groups is 1. The maximum absolute atomic E-state index is 12.7. The normalized spacial score (nSPS) is 14.8. The maximum Gasteiger partial charge on any atom is 0.453 e. The van der Waals surface area contributed by atoms with E-state index in [1.165, 1.54) is 18.2 Å². The summed E-state index contributed by atoms with van der Waals surface area (Å²) in [5.41, 5.74) is 0.728. The lowest BCUT2D eigenvalue weighted by atomic mass is 10.0. The van der Waals surface area contributed by atoms with Gasteiger partial charge in [-0.05, 0) is 12.5 Å². The molecule has 1 aromatic carbocycles. The van der Waals surface area contributed by atoms with Gasteiger partial charge in [-0.3, -0.25) is 0 Å². The topological polar surface area (TPSA) is 20.2 Å². The zero-order chi connectivity index (χ0) is 13.3. The first kappa shape index (κ1) is 13.9. The van der Waals surface area contributed by atoms with E-state index >= 15 is 0 Å². The van der Waals surface area contributed by atoms with Gasteiger partial charge in [0.25, 0.3) is 0 Å². The zero-order valence-electron chi connectivity index (χ0n) is 8.93. The second-order valence-electron chi connectivity index (χ2n) is 3.84. The molecule has 1 N–H and O–H groups in total. The smallest absolute Gasteiger partial charge is 0.388 e. The molecule has 6 heteroatoms. The summed E-state index contributed by atoms with van der Waals surface area (Å²) in [4.78, 5) is 0. The maximum atomic E-state index is 12.7. The fraction of sp³-hybridized carbons (Fsp3) is 0.455. The number of hydrogen-bond donors (Lipinski definition) is 1. The lowest BCUT2D eigenvalue weighted by Crippen LogP contribution is -2.37. The number of aliphatic hydroxyl groups excluding tert-OH is 1. The van der Waals surface area contributed by atoms with Crippen LogP contribution in [0.25, 0.3) is 0 Å². The highest BCUT2D eigenvalue weighted by atomic mass is 19.4. The van der Waals surface area contributed by atoms with Crippen LogP contribution in [0.2, 0.25) is 0 Å². The molecule has 0 bridgehead atoms. The summed E-state index contributed by atoms with van der Waals surface area (Å²) in [7, 11) is 0. The molecule has 1 atom stereocenters. The van der Waals surface area contributed by atoms with Crippen LogP contribution in [0.1, 0.15) is 23.7 Å². The van der Waals surface area contributed by atoms with Crippen molar-refractivity contribution in [2.24, 2.45) is 0 Å². The monoisotopic (exact) mass is 254 g/mol. The Labute approximate surface area is 94.9 Å². The number of aryl methyl sites for hydroxylation is 1. The number of hydrogen-bond acceptors (Lipinski definition) is 1. The lowest BCUT2D eigenvalue weighted by molar-refractivity contribution is -0.290. The molecule has 1 aromatic rings. The predicted octanol–water partition coefficient (Wildman–Crippen LogP) is 3.62. The molecule has 1 rings (SSSR count). The molecule has 1 unspecified atom stereocenters. The van der Waals surface area contributed by atoms with E-state index < -0.39 is 24.6 Å². The van der Waals surface area contributed by atoms with Crippen LogP contribution < -0.4 is 0 Å². The van der Waals surface area contributed by atoms with E-state index in [2.05, 4.69) is 0 Å². The van der Waals surface area contributed by atoms with Crippen LogP contribution in [0.5, 0.6) is 0 Å². The van der Waals surface area contributed by atoms with Crippen LogP contribution in [0.3, 0.4) is 0 Å². The third kappa shape index (κ3) is 3.39. The van der Waals surface area contributed by atoms with Gasteiger partial charge in [0.15, 0.2) is 0 Å². The minimum Gasteiger partial charge on any atom is -0.388 e. The van der Waals surface area contributed by atoms with Crippen molar-refractivity contribution in [1.82, 2.24) is 0 Å². The van der Waals surface area contributed by atoms with Crippen molar-refractivity contribution >= 4 is 0 Å². The fourth-order valence-electron chi connectivity index (χ4n) is 1.35. The summed E-state index contributed by atoms with van der Waals surface area (Å²) in [6, 6.07) is 5.82. The van der Waals surface area contributed by atoms with Gasteiger partial charge in [0.1, 0.15) is 0 Å². The van der Waals surface area contributed by atoms with Crippen LogP contribution in [0.4, 0.5) is 22.0 Å². The summed E-state index contributed by atoms with van der Waals surface area (Å²) in [6.45, 7) is 1.65. The molecule has 0 fully saturated rings. The molecule has 0 aliphatic heterocycles. The second-order valence-corrected chi connectivity index (χ2v) is 3.84. The molecule has 0 saturated carbocycles. The lowest BCUT2D eigenvalue weighted by Gasteiger charge is -2.22. The van der Waals surface area contributed by atoms with Crippen LogP contribution in [0.15, 0.2) is 24.3 Å². The molecule has 0 heterocycles. The molecule has 0 aliphatic rings. The van der Waals surface area contributed by atoms with E-state index in [9.17, 15) is 27.1 Å². The van der Waals surface area contributed by atoms with Gasteiger partial charge >= 0.3 is 12.1 Å². The molecule has 1 nitrogen and oxygen atoms in total. The van der Waals surface area contributed by atoms with Gasteiger partial charge in [-0.15, -0.1) is 0 Å². The Kier molecular flexibility index (Phi) is 3.76. The van der Waals surface area contributed by atoms with Gasteiger partial charge in [-0.25, -0.2) is 0 Å². The average Bonchev–Trinajstić information content (AvgIpc) is 2.15. The summed E-state index contributed by atoms with van der Waals surface area (Å²) in [5, 5.41) is 9.36. The Hall–Kier alpha value is -1.17. The number of rotatable bonds is 3. The van der Waals surface area contributed by atoms with Gasteiger partial charge in [0.2, 0.25) is 0 Å². The molecular formula is C11H11F5O. The summed E-state index contributed by atoms with van der Waals surface area (Å²) >= 11 is 0. The second kappa shape index (κ2) is 4.60. The van der Waals surface area contributed by atoms with Crippen molar-refractivity contribution in [2.75, 3.05) is 0 Å². The standard InChI is InChI=1S/C11H11F5O/c1-7-3-2-4-8(5-7)9(17)6-10(12,13)11(14,15)16/h2-5,9,17H,6H2,1H3. The van der Waals surface area contributed by atoms with Crippen molar-refractivity contribution in [3.05, 3.63) is 35.4 Å². The number of halogens is 5. The molecule has 0 saturated heterocycles. The van der Waals surface area contributed by atoms with Gasteiger partial charge in [-0.2, -0.15) is 22.0 Å². The zero-order valence-corrected chi connectivity index (χ0v) is 8.93. The van der Waals surface area contributed by atoms with Crippen LogP contribution in [-0.4, -0.2) is 17.2 Å². The van der Waals surface area contributed by atoms with E-state index in [-0.39, 0.29) is 5.56 Å². The van der Waals surface area contributed by atoms with Crippen molar-refractivity contribution < 1.29 is 27.1 Å². The van der Waals surface area contributed by atoms with Crippen LogP contribution >= 0.6 is 0 Å². The van der Waals surface area contributed by atoms with Gasteiger partial charge < -0.3 is 5.11 Å². The van der Waals surface area contributed by atoms with Crippen molar-refractivity contribution in [2.45, 2.75) is 31.5 Å². The van der Waals surface area contributed by atoms with E-state index in [0.29, 0.717) is 5.56 Å². The molecule has 0 spiro atoms. The van der Waals surface area contributed by atoms with Crippen molar-refractivity contribution in [3.63, 3.8) is 0 Å². The van der Waals surface area contributed by atoms with Gasteiger partial charge in [-0.1, -0.05) is 29.8 Å². The average molecular weight is 254 g/mol. The third-order valence-corrected chi connectivity index (χ3v) is 2.29. The Morgan fingerprint density at radius 2 is 1.76 bits per heavy atom. The molecular weight excluding hydrogens is 243 g/mol. The minimum absolute atomic E-state index is 0.0499. The summed E-state index contributed by atoms with van der Waals surface area (Å²) in [6.07, 6.45) is -9.15. The Morgan fingerprint density at radius 1 is 1.18 bits per heavy atom. The van der Waals surface area contributed by atoms with Gasteiger partial charge in [0.05, 0.1) is 12.5 Å². The fourth-order valence-corrected chi connectivity index (χ4v) is 1.35. The quantitative estimate of drug-likeness (QED) is 0.817. The Morgan fingerprint density at radius 3 is 2.24 bits per heavy atom. The first-order valence-corrected chi connectivity index (χ1v) is 4.82. The molecule has 0 aromatic heterocycles. The Balaban J connectivity index is 2.83. The van der Waals surface area contributed by atoms with Crippen LogP contribution in [-0.2, 0) is 0 Å². The molecule has 0 radical (unpaired) electrons. The number of alkyl halides is 5. The highest BCUT2D eigenvalue weighted by Gasteiger charge is 2.58. The molecule has 0 aliphatic carbocycles. The Bertz CT molecular complexity index is 386. The largest absolute Gasteiger partial charge is 0.453 e. The summed E-state index contributed by atoms with van der Waals surface area (Å²) in [5.74, 6) is -4.89.